The van der Waals surface area contributed by atoms with Crippen LogP contribution in [0.2, 0.25) is 5.02 Å². The predicted octanol–water partition coefficient (Wildman–Crippen LogP) is 6.18. The van der Waals surface area contributed by atoms with Gasteiger partial charge in [-0.2, -0.15) is 0 Å². The van der Waals surface area contributed by atoms with E-state index in [0.29, 0.717) is 38.3 Å². The topological polar surface area (TPSA) is 118 Å². The third-order valence-electron chi connectivity index (χ3n) is 4.44. The molecule has 0 spiro atoms. The van der Waals surface area contributed by atoms with E-state index in [-0.39, 0.29) is 16.5 Å². The molecular formula is C22H13BrClN3O5. The van der Waals surface area contributed by atoms with E-state index in [1.54, 1.807) is 36.4 Å². The van der Waals surface area contributed by atoms with E-state index in [0.717, 1.165) is 0 Å². The van der Waals surface area contributed by atoms with Crippen LogP contribution in [0, 0.1) is 10.1 Å². The average molecular weight is 515 g/mol. The first-order valence-electron chi connectivity index (χ1n) is 9.12. The SMILES string of the molecule is O=C(/C=C/c1ccc(Cl)c([N+](=O)[O-])c1)Nc1ccc2oc(-c3ccc(O)c(Br)c3)nc2c1. The van der Waals surface area contributed by atoms with Crippen LogP contribution in [0.5, 0.6) is 5.75 Å². The van der Waals surface area contributed by atoms with Crippen molar-refractivity contribution in [3.8, 4) is 17.2 Å². The molecule has 0 bridgehead atoms. The van der Waals surface area contributed by atoms with Crippen molar-refractivity contribution in [3.05, 3.63) is 85.8 Å². The van der Waals surface area contributed by atoms with Crippen LogP contribution in [0.25, 0.3) is 28.6 Å². The number of anilines is 1. The van der Waals surface area contributed by atoms with E-state index in [4.69, 9.17) is 16.0 Å². The zero-order valence-electron chi connectivity index (χ0n) is 16.1. The number of nitro groups is 1. The Kier molecular flexibility index (Phi) is 5.93. The van der Waals surface area contributed by atoms with E-state index in [9.17, 15) is 20.0 Å². The van der Waals surface area contributed by atoms with Crippen LogP contribution in [-0.4, -0.2) is 20.9 Å². The number of halogens is 2. The monoisotopic (exact) mass is 513 g/mol. The molecule has 0 aliphatic heterocycles. The summed E-state index contributed by atoms with van der Waals surface area (Å²) in [7, 11) is 0. The summed E-state index contributed by atoms with van der Waals surface area (Å²) >= 11 is 9.05. The van der Waals surface area contributed by atoms with Gasteiger partial charge in [0.15, 0.2) is 5.58 Å². The number of nitro benzene ring substituents is 1. The van der Waals surface area contributed by atoms with Crippen LogP contribution in [0.15, 0.2) is 69.6 Å². The lowest BCUT2D eigenvalue weighted by molar-refractivity contribution is -0.384. The van der Waals surface area contributed by atoms with E-state index < -0.39 is 10.8 Å². The highest BCUT2D eigenvalue weighted by molar-refractivity contribution is 9.10. The number of hydrogen-bond donors (Lipinski definition) is 2. The van der Waals surface area contributed by atoms with E-state index in [1.165, 1.54) is 30.4 Å². The first kappa shape index (κ1) is 21.5. The summed E-state index contributed by atoms with van der Waals surface area (Å²) in [5, 5.41) is 23.3. The Labute approximate surface area is 194 Å². The number of carbonyl (C=O) groups is 1. The number of aromatic nitrogens is 1. The standard InChI is InChI=1S/C22H13BrClN3O5/c23-15-10-13(3-6-19(15)28)22-26-17-11-14(4-7-20(17)32-22)25-21(29)8-2-12-1-5-16(24)18(9-12)27(30)31/h1-11,28H,(H,25,29)/b8-2+. The Bertz CT molecular complexity index is 1400. The summed E-state index contributed by atoms with van der Waals surface area (Å²) in [5.41, 5.74) is 2.48. The zero-order chi connectivity index (χ0) is 22.8. The fourth-order valence-corrected chi connectivity index (χ4v) is 3.46. The number of phenols is 1. The number of rotatable bonds is 5. The number of oxazole rings is 1. The molecule has 8 nitrogen and oxygen atoms in total. The molecule has 0 saturated heterocycles. The van der Waals surface area contributed by atoms with Gasteiger partial charge in [0.1, 0.15) is 16.3 Å². The highest BCUT2D eigenvalue weighted by Gasteiger charge is 2.13. The molecule has 0 fully saturated rings. The number of amides is 1. The molecular weight excluding hydrogens is 502 g/mol. The number of nitrogens with zero attached hydrogens (tertiary/aromatic N) is 2. The number of aromatic hydroxyl groups is 1. The highest BCUT2D eigenvalue weighted by Crippen LogP contribution is 2.31. The van der Waals surface area contributed by atoms with Crippen LogP contribution in [0.1, 0.15) is 5.56 Å². The van der Waals surface area contributed by atoms with Gasteiger partial charge in [-0.25, -0.2) is 4.98 Å². The van der Waals surface area contributed by atoms with Gasteiger partial charge in [0, 0.05) is 23.4 Å². The largest absolute Gasteiger partial charge is 0.507 e. The van der Waals surface area contributed by atoms with Crippen LogP contribution in [-0.2, 0) is 4.79 Å². The molecule has 32 heavy (non-hydrogen) atoms. The molecule has 1 heterocycles. The van der Waals surface area contributed by atoms with Crippen molar-refractivity contribution in [2.75, 3.05) is 5.32 Å². The van der Waals surface area contributed by atoms with Gasteiger partial charge in [0.05, 0.1) is 9.40 Å². The Morgan fingerprint density at radius 3 is 2.75 bits per heavy atom. The lowest BCUT2D eigenvalue weighted by atomic mass is 10.2. The van der Waals surface area contributed by atoms with Crippen LogP contribution in [0.3, 0.4) is 0 Å². The van der Waals surface area contributed by atoms with Gasteiger partial charge in [0.25, 0.3) is 5.69 Å². The maximum Gasteiger partial charge on any atom is 0.288 e. The van der Waals surface area contributed by atoms with Gasteiger partial charge >= 0.3 is 0 Å². The van der Waals surface area contributed by atoms with Crippen molar-refractivity contribution in [1.29, 1.82) is 0 Å². The molecule has 0 unspecified atom stereocenters. The minimum absolute atomic E-state index is 0.0246. The number of nitrogens with one attached hydrogen (secondary N) is 1. The number of benzene rings is 3. The molecule has 0 atom stereocenters. The Balaban J connectivity index is 1.51. The van der Waals surface area contributed by atoms with Crippen molar-refractivity contribution >= 4 is 62.0 Å². The minimum atomic E-state index is -0.585. The molecule has 160 valence electrons. The second-order valence-corrected chi connectivity index (χ2v) is 7.92. The quantitative estimate of drug-likeness (QED) is 0.187. The van der Waals surface area contributed by atoms with Crippen molar-refractivity contribution in [3.63, 3.8) is 0 Å². The molecule has 0 radical (unpaired) electrons. The van der Waals surface area contributed by atoms with Gasteiger partial charge < -0.3 is 14.8 Å². The molecule has 0 aliphatic carbocycles. The summed E-state index contributed by atoms with van der Waals surface area (Å²) in [6.45, 7) is 0. The Morgan fingerprint density at radius 1 is 1.19 bits per heavy atom. The van der Waals surface area contributed by atoms with Crippen LogP contribution >= 0.6 is 27.5 Å². The van der Waals surface area contributed by atoms with Crippen molar-refractivity contribution in [2.45, 2.75) is 0 Å². The van der Waals surface area contributed by atoms with Crippen molar-refractivity contribution < 1.29 is 19.2 Å². The molecule has 2 N–H and O–H groups in total. The number of phenolic OH excluding ortho intramolecular Hbond substituents is 1. The Morgan fingerprint density at radius 2 is 2.00 bits per heavy atom. The zero-order valence-corrected chi connectivity index (χ0v) is 18.4. The normalized spacial score (nSPS) is 11.2. The third kappa shape index (κ3) is 4.63. The number of fused-ring (bicyclic) bond motifs is 1. The molecule has 3 aromatic carbocycles. The van der Waals surface area contributed by atoms with E-state index in [2.05, 4.69) is 26.2 Å². The fraction of sp³-hybridized carbons (Fsp3) is 0. The van der Waals surface area contributed by atoms with Crippen molar-refractivity contribution in [1.82, 2.24) is 4.98 Å². The molecule has 4 aromatic rings. The summed E-state index contributed by atoms with van der Waals surface area (Å²) in [5.74, 6) is 0.0534. The summed E-state index contributed by atoms with van der Waals surface area (Å²) < 4.78 is 6.27. The molecule has 4 rings (SSSR count). The number of carbonyl (C=O) groups excluding carboxylic acids is 1. The summed E-state index contributed by atoms with van der Waals surface area (Å²) in [4.78, 5) is 27.1. The Hall–Kier alpha value is -3.69. The van der Waals surface area contributed by atoms with Crippen LogP contribution in [0.4, 0.5) is 11.4 Å². The maximum absolute atomic E-state index is 12.3. The lowest BCUT2D eigenvalue weighted by Crippen LogP contribution is -2.07. The molecule has 1 amide bonds. The second kappa shape index (κ2) is 8.81. The smallest absolute Gasteiger partial charge is 0.288 e. The number of hydrogen-bond acceptors (Lipinski definition) is 6. The van der Waals surface area contributed by atoms with Gasteiger partial charge in [-0.05, 0) is 70.0 Å². The average Bonchev–Trinajstić information content (AvgIpc) is 3.18. The molecule has 0 saturated carbocycles. The van der Waals surface area contributed by atoms with Crippen LogP contribution < -0.4 is 5.32 Å². The minimum Gasteiger partial charge on any atom is -0.507 e. The van der Waals surface area contributed by atoms with Gasteiger partial charge in [0.2, 0.25) is 11.8 Å². The first-order chi connectivity index (χ1) is 15.3. The maximum atomic E-state index is 12.3. The van der Waals surface area contributed by atoms with Crippen molar-refractivity contribution in [2.24, 2.45) is 0 Å². The molecule has 0 aliphatic rings. The predicted molar refractivity (Wildman–Crippen MR) is 125 cm³/mol. The highest BCUT2D eigenvalue weighted by atomic mass is 79.9. The van der Waals surface area contributed by atoms with Gasteiger partial charge in [-0.15, -0.1) is 0 Å². The summed E-state index contributed by atoms with van der Waals surface area (Å²) in [6.07, 6.45) is 2.72. The molecule has 1 aromatic heterocycles. The summed E-state index contributed by atoms with van der Waals surface area (Å²) in [6, 6.07) is 14.2. The third-order valence-corrected chi connectivity index (χ3v) is 5.40. The van der Waals surface area contributed by atoms with Gasteiger partial charge in [-0.1, -0.05) is 17.7 Å². The van der Waals surface area contributed by atoms with Gasteiger partial charge in [-0.3, -0.25) is 14.9 Å². The van der Waals surface area contributed by atoms with E-state index in [1.807, 2.05) is 0 Å². The fourth-order valence-electron chi connectivity index (χ4n) is 2.90. The van der Waals surface area contributed by atoms with E-state index >= 15 is 0 Å². The first-order valence-corrected chi connectivity index (χ1v) is 10.3. The lowest BCUT2D eigenvalue weighted by Gasteiger charge is -2.01. The second-order valence-electron chi connectivity index (χ2n) is 6.66. The molecule has 10 heteroatoms.